The molecule has 25 heavy (non-hydrogen) atoms. The lowest BCUT2D eigenvalue weighted by molar-refractivity contribution is 0.414. The van der Waals surface area contributed by atoms with E-state index in [1.165, 1.54) is 17.1 Å². The molecule has 1 aromatic heterocycles. The van der Waals surface area contributed by atoms with E-state index in [1.807, 2.05) is 18.2 Å². The minimum Gasteiger partial charge on any atom is -0.497 e. The summed E-state index contributed by atoms with van der Waals surface area (Å²) in [4.78, 5) is 4.61. The molecule has 4 nitrogen and oxygen atoms in total. The van der Waals surface area contributed by atoms with Crippen LogP contribution in [0.4, 0.5) is 5.13 Å². The highest BCUT2D eigenvalue weighted by Crippen LogP contribution is 2.19. The summed E-state index contributed by atoms with van der Waals surface area (Å²) in [6.45, 7) is 2.19. The molecule has 0 saturated carbocycles. The predicted octanol–water partition coefficient (Wildman–Crippen LogP) is 4.57. The Labute approximate surface area is 153 Å². The summed E-state index contributed by atoms with van der Waals surface area (Å²) in [7, 11) is 1.68. The van der Waals surface area contributed by atoms with E-state index in [4.69, 9.17) is 4.74 Å². The highest BCUT2D eigenvalue weighted by molar-refractivity contribution is 7.09. The third-order valence-corrected chi connectivity index (χ3v) is 4.73. The van der Waals surface area contributed by atoms with E-state index in [9.17, 15) is 0 Å². The quantitative estimate of drug-likeness (QED) is 0.644. The molecule has 0 bridgehead atoms. The Morgan fingerprint density at radius 1 is 1.08 bits per heavy atom. The number of hydrogen-bond acceptors (Lipinski definition) is 5. The van der Waals surface area contributed by atoms with Crippen LogP contribution in [-0.4, -0.2) is 22.5 Å². The Morgan fingerprint density at radius 3 is 2.68 bits per heavy atom. The van der Waals surface area contributed by atoms with Crippen molar-refractivity contribution in [2.24, 2.45) is 0 Å². The average Bonchev–Trinajstić information content (AvgIpc) is 3.07. The van der Waals surface area contributed by atoms with Crippen molar-refractivity contribution in [3.05, 3.63) is 71.5 Å². The first kappa shape index (κ1) is 17.4. The molecule has 1 atom stereocenters. The minimum atomic E-state index is 0.359. The Bertz CT molecular complexity index is 788. The Hall–Kier alpha value is -2.40. The Balaban J connectivity index is 1.52. The predicted molar refractivity (Wildman–Crippen MR) is 104 cm³/mol. The van der Waals surface area contributed by atoms with E-state index < -0.39 is 0 Å². The van der Waals surface area contributed by atoms with Crippen LogP contribution in [0.25, 0.3) is 0 Å². The fraction of sp³-hybridized carbons (Fsp3) is 0.300. The van der Waals surface area contributed by atoms with Crippen LogP contribution in [0.1, 0.15) is 30.3 Å². The molecule has 0 aliphatic carbocycles. The maximum absolute atomic E-state index is 5.26. The number of methoxy groups -OCH3 is 1. The van der Waals surface area contributed by atoms with Gasteiger partial charge < -0.3 is 10.1 Å². The lowest BCUT2D eigenvalue weighted by Gasteiger charge is -2.12. The lowest BCUT2D eigenvalue weighted by Crippen LogP contribution is -2.15. The maximum Gasteiger partial charge on any atom is 0.202 e. The van der Waals surface area contributed by atoms with Crippen molar-refractivity contribution in [3.63, 3.8) is 0 Å². The van der Waals surface area contributed by atoms with Gasteiger partial charge in [0.1, 0.15) is 11.6 Å². The van der Waals surface area contributed by atoms with Crippen LogP contribution in [0.2, 0.25) is 0 Å². The second-order valence-corrected chi connectivity index (χ2v) is 6.87. The summed E-state index contributed by atoms with van der Waals surface area (Å²) in [5, 5.41) is 4.35. The third-order valence-electron chi connectivity index (χ3n) is 4.04. The van der Waals surface area contributed by atoms with Gasteiger partial charge in [0, 0.05) is 24.0 Å². The van der Waals surface area contributed by atoms with E-state index in [1.54, 1.807) is 7.11 Å². The summed E-state index contributed by atoms with van der Waals surface area (Å²) in [5.41, 5.74) is 2.52. The van der Waals surface area contributed by atoms with E-state index in [0.717, 1.165) is 35.1 Å². The van der Waals surface area contributed by atoms with Crippen LogP contribution in [0.5, 0.6) is 5.75 Å². The van der Waals surface area contributed by atoms with Gasteiger partial charge in [0.05, 0.1) is 7.11 Å². The number of nitrogens with one attached hydrogen (secondary N) is 1. The molecule has 0 saturated heterocycles. The minimum absolute atomic E-state index is 0.359. The Morgan fingerprint density at radius 2 is 1.88 bits per heavy atom. The molecule has 5 heteroatoms. The van der Waals surface area contributed by atoms with Crippen molar-refractivity contribution in [1.82, 2.24) is 9.36 Å². The van der Waals surface area contributed by atoms with E-state index in [2.05, 4.69) is 58.0 Å². The normalized spacial score (nSPS) is 11.9. The van der Waals surface area contributed by atoms with E-state index in [-0.39, 0.29) is 0 Å². The van der Waals surface area contributed by atoms with Crippen molar-refractivity contribution >= 4 is 16.7 Å². The monoisotopic (exact) mass is 353 g/mol. The number of rotatable bonds is 8. The van der Waals surface area contributed by atoms with Crippen molar-refractivity contribution in [1.29, 1.82) is 0 Å². The van der Waals surface area contributed by atoms with Gasteiger partial charge in [-0.1, -0.05) is 42.5 Å². The molecule has 0 aliphatic rings. The van der Waals surface area contributed by atoms with Gasteiger partial charge in [-0.05, 0) is 43.0 Å². The van der Waals surface area contributed by atoms with Gasteiger partial charge in [-0.2, -0.15) is 4.37 Å². The fourth-order valence-electron chi connectivity index (χ4n) is 2.66. The SMILES string of the molecule is COc1cccc(Cc2nsc(NC(C)CCc3ccccc3)n2)c1. The molecule has 2 aromatic carbocycles. The molecule has 3 aromatic rings. The topological polar surface area (TPSA) is 47.0 Å². The van der Waals surface area contributed by atoms with Gasteiger partial charge in [0.25, 0.3) is 0 Å². The van der Waals surface area contributed by atoms with Gasteiger partial charge in [-0.3, -0.25) is 0 Å². The molecule has 0 spiro atoms. The molecule has 0 aliphatic heterocycles. The van der Waals surface area contributed by atoms with Gasteiger partial charge in [-0.15, -0.1) is 0 Å². The second kappa shape index (κ2) is 8.62. The summed E-state index contributed by atoms with van der Waals surface area (Å²) in [5.74, 6) is 1.71. The number of anilines is 1. The number of aromatic nitrogens is 2. The number of ether oxygens (including phenoxy) is 1. The highest BCUT2D eigenvalue weighted by atomic mass is 32.1. The summed E-state index contributed by atoms with van der Waals surface area (Å²) in [6.07, 6.45) is 2.84. The molecular weight excluding hydrogens is 330 g/mol. The average molecular weight is 353 g/mol. The Kier molecular flexibility index (Phi) is 6.01. The van der Waals surface area contributed by atoms with Crippen molar-refractivity contribution in [3.8, 4) is 5.75 Å². The smallest absolute Gasteiger partial charge is 0.202 e. The van der Waals surface area contributed by atoms with Crippen molar-refractivity contribution in [2.75, 3.05) is 12.4 Å². The molecule has 1 unspecified atom stereocenters. The van der Waals surface area contributed by atoms with Crippen LogP contribution in [0, 0.1) is 0 Å². The fourth-order valence-corrected chi connectivity index (χ4v) is 3.36. The molecule has 0 fully saturated rings. The van der Waals surface area contributed by atoms with Crippen molar-refractivity contribution < 1.29 is 4.74 Å². The van der Waals surface area contributed by atoms with Gasteiger partial charge >= 0.3 is 0 Å². The number of nitrogens with zero attached hydrogens (tertiary/aromatic N) is 2. The molecule has 0 amide bonds. The maximum atomic E-state index is 5.26. The van der Waals surface area contributed by atoms with Gasteiger partial charge in [0.2, 0.25) is 5.13 Å². The van der Waals surface area contributed by atoms with Crippen LogP contribution >= 0.6 is 11.5 Å². The van der Waals surface area contributed by atoms with Crippen molar-refractivity contribution in [2.45, 2.75) is 32.2 Å². The summed E-state index contributed by atoms with van der Waals surface area (Å²) in [6, 6.07) is 19.0. The number of hydrogen-bond donors (Lipinski definition) is 1. The summed E-state index contributed by atoms with van der Waals surface area (Å²) < 4.78 is 9.73. The zero-order valence-corrected chi connectivity index (χ0v) is 15.4. The summed E-state index contributed by atoms with van der Waals surface area (Å²) >= 11 is 1.43. The number of benzene rings is 2. The first-order chi connectivity index (χ1) is 12.2. The molecule has 3 rings (SSSR count). The third kappa shape index (κ3) is 5.29. The standard InChI is InChI=1S/C20H23N3OS/c1-15(11-12-16-7-4-3-5-8-16)21-20-22-19(23-25-20)14-17-9-6-10-18(13-17)24-2/h3-10,13,15H,11-12,14H2,1-2H3,(H,21,22,23). The van der Waals surface area contributed by atoms with E-state index >= 15 is 0 Å². The largest absolute Gasteiger partial charge is 0.497 e. The molecule has 130 valence electrons. The zero-order chi connectivity index (χ0) is 17.5. The second-order valence-electron chi connectivity index (χ2n) is 6.11. The van der Waals surface area contributed by atoms with Crippen LogP contribution in [0.3, 0.4) is 0 Å². The molecular formula is C20H23N3OS. The highest BCUT2D eigenvalue weighted by Gasteiger charge is 2.09. The van der Waals surface area contributed by atoms with E-state index in [0.29, 0.717) is 12.5 Å². The van der Waals surface area contributed by atoms with Crippen LogP contribution in [-0.2, 0) is 12.8 Å². The first-order valence-corrected chi connectivity index (χ1v) is 9.26. The van der Waals surface area contributed by atoms with Crippen LogP contribution in [0.15, 0.2) is 54.6 Å². The molecule has 1 N–H and O–H groups in total. The van der Waals surface area contributed by atoms with Crippen LogP contribution < -0.4 is 10.1 Å². The first-order valence-electron chi connectivity index (χ1n) is 8.49. The number of aryl methyl sites for hydroxylation is 1. The lowest BCUT2D eigenvalue weighted by atomic mass is 10.1. The van der Waals surface area contributed by atoms with Gasteiger partial charge in [-0.25, -0.2) is 4.98 Å². The molecule has 1 heterocycles. The zero-order valence-electron chi connectivity index (χ0n) is 14.6. The van der Waals surface area contributed by atoms with Gasteiger partial charge in [0.15, 0.2) is 0 Å². The molecule has 0 radical (unpaired) electrons.